The summed E-state index contributed by atoms with van der Waals surface area (Å²) in [6.45, 7) is 2.41. The predicted octanol–water partition coefficient (Wildman–Crippen LogP) is 3.97. The molecule has 0 saturated carbocycles. The summed E-state index contributed by atoms with van der Waals surface area (Å²) in [5.74, 6) is 1.79. The molecule has 0 N–H and O–H groups in total. The number of hydrogen-bond acceptors (Lipinski definition) is 3. The molecule has 0 bridgehead atoms. The molecule has 0 saturated heterocycles. The summed E-state index contributed by atoms with van der Waals surface area (Å²) in [5.41, 5.74) is 1.24. The van der Waals surface area contributed by atoms with Gasteiger partial charge in [-0.05, 0) is 49.0 Å². The van der Waals surface area contributed by atoms with Crippen molar-refractivity contribution in [3.8, 4) is 11.5 Å². The van der Waals surface area contributed by atoms with Gasteiger partial charge in [0.25, 0.3) is 0 Å². The van der Waals surface area contributed by atoms with Crippen LogP contribution in [0.4, 0.5) is 0 Å². The van der Waals surface area contributed by atoms with Crippen LogP contribution in [0.3, 0.4) is 0 Å². The molecule has 0 heterocycles. The van der Waals surface area contributed by atoms with Crippen LogP contribution >= 0.6 is 15.9 Å². The predicted molar refractivity (Wildman–Crippen MR) is 89.0 cm³/mol. The van der Waals surface area contributed by atoms with E-state index >= 15 is 0 Å². The summed E-state index contributed by atoms with van der Waals surface area (Å²) in [4.78, 5) is 2.23. The number of benzene rings is 2. The lowest BCUT2D eigenvalue weighted by Gasteiger charge is -2.17. The Balaban J connectivity index is 1.76. The Labute approximate surface area is 134 Å². The van der Waals surface area contributed by atoms with E-state index in [4.69, 9.17) is 9.47 Å². The van der Waals surface area contributed by atoms with Gasteiger partial charge in [-0.2, -0.15) is 0 Å². The van der Waals surface area contributed by atoms with Gasteiger partial charge in [0, 0.05) is 17.6 Å². The SMILES string of the molecule is COc1cccc(CN(C)CCOc2ccc(Br)cc2)c1. The van der Waals surface area contributed by atoms with E-state index in [1.54, 1.807) is 7.11 Å². The molecular weight excluding hydrogens is 330 g/mol. The van der Waals surface area contributed by atoms with Gasteiger partial charge in [0.2, 0.25) is 0 Å². The molecule has 21 heavy (non-hydrogen) atoms. The zero-order chi connectivity index (χ0) is 15.1. The van der Waals surface area contributed by atoms with Crippen molar-refractivity contribution in [1.82, 2.24) is 4.90 Å². The van der Waals surface area contributed by atoms with Crippen LogP contribution in [0.5, 0.6) is 11.5 Å². The summed E-state index contributed by atoms with van der Waals surface area (Å²) >= 11 is 3.41. The standard InChI is InChI=1S/C17H20BrNO2/c1-19(13-14-4-3-5-17(12-14)20-2)10-11-21-16-8-6-15(18)7-9-16/h3-9,12H,10-11,13H2,1-2H3. The fourth-order valence-electron chi connectivity index (χ4n) is 2.01. The maximum absolute atomic E-state index is 5.73. The van der Waals surface area contributed by atoms with E-state index in [1.165, 1.54) is 5.56 Å². The van der Waals surface area contributed by atoms with E-state index in [0.717, 1.165) is 29.1 Å². The molecule has 0 aliphatic rings. The van der Waals surface area contributed by atoms with Crippen LogP contribution in [-0.2, 0) is 6.54 Å². The largest absolute Gasteiger partial charge is 0.497 e. The van der Waals surface area contributed by atoms with E-state index in [0.29, 0.717) is 6.61 Å². The maximum atomic E-state index is 5.73. The fraction of sp³-hybridized carbons (Fsp3) is 0.294. The monoisotopic (exact) mass is 349 g/mol. The lowest BCUT2D eigenvalue weighted by atomic mass is 10.2. The highest BCUT2D eigenvalue weighted by Crippen LogP contribution is 2.16. The number of halogens is 1. The molecule has 4 heteroatoms. The van der Waals surface area contributed by atoms with Gasteiger partial charge in [0.1, 0.15) is 18.1 Å². The fourth-order valence-corrected chi connectivity index (χ4v) is 2.28. The molecule has 2 aromatic rings. The van der Waals surface area contributed by atoms with E-state index in [-0.39, 0.29) is 0 Å². The van der Waals surface area contributed by atoms with Crippen LogP contribution < -0.4 is 9.47 Å². The van der Waals surface area contributed by atoms with Gasteiger partial charge >= 0.3 is 0 Å². The molecule has 2 aromatic carbocycles. The van der Waals surface area contributed by atoms with Gasteiger partial charge in [0.05, 0.1) is 7.11 Å². The second-order valence-corrected chi connectivity index (χ2v) is 5.81. The Morgan fingerprint density at radius 2 is 1.81 bits per heavy atom. The molecule has 0 aliphatic heterocycles. The molecule has 0 amide bonds. The maximum Gasteiger partial charge on any atom is 0.119 e. The Hall–Kier alpha value is -1.52. The highest BCUT2D eigenvalue weighted by molar-refractivity contribution is 9.10. The molecule has 0 unspecified atom stereocenters. The van der Waals surface area contributed by atoms with Crippen LogP contribution in [0.15, 0.2) is 53.0 Å². The van der Waals surface area contributed by atoms with Crippen LogP contribution in [0, 0.1) is 0 Å². The van der Waals surface area contributed by atoms with Crippen molar-refractivity contribution >= 4 is 15.9 Å². The molecule has 0 aromatic heterocycles. The van der Waals surface area contributed by atoms with Gasteiger partial charge in [-0.1, -0.05) is 28.1 Å². The molecule has 0 fully saturated rings. The first-order chi connectivity index (χ1) is 10.2. The third-order valence-corrected chi connectivity index (χ3v) is 3.67. The molecule has 0 radical (unpaired) electrons. The first kappa shape index (κ1) is 15.9. The summed E-state index contributed by atoms with van der Waals surface area (Å²) in [6, 6.07) is 16.0. The molecular formula is C17H20BrNO2. The molecule has 2 rings (SSSR count). The topological polar surface area (TPSA) is 21.7 Å². The van der Waals surface area contributed by atoms with Gasteiger partial charge in [-0.25, -0.2) is 0 Å². The minimum Gasteiger partial charge on any atom is -0.497 e. The summed E-state index contributed by atoms with van der Waals surface area (Å²) in [7, 11) is 3.78. The van der Waals surface area contributed by atoms with E-state index in [9.17, 15) is 0 Å². The average Bonchev–Trinajstić information content (AvgIpc) is 2.49. The lowest BCUT2D eigenvalue weighted by molar-refractivity contribution is 0.232. The van der Waals surface area contributed by atoms with Gasteiger partial charge in [-0.3, -0.25) is 4.90 Å². The van der Waals surface area contributed by atoms with Gasteiger partial charge in [-0.15, -0.1) is 0 Å². The van der Waals surface area contributed by atoms with Crippen molar-refractivity contribution in [2.45, 2.75) is 6.54 Å². The van der Waals surface area contributed by atoms with Crippen LogP contribution in [0.25, 0.3) is 0 Å². The first-order valence-electron chi connectivity index (χ1n) is 6.87. The van der Waals surface area contributed by atoms with Crippen molar-refractivity contribution in [3.63, 3.8) is 0 Å². The zero-order valence-corrected chi connectivity index (χ0v) is 14.0. The smallest absolute Gasteiger partial charge is 0.119 e. The molecule has 0 spiro atoms. The van der Waals surface area contributed by atoms with Crippen molar-refractivity contribution in [2.24, 2.45) is 0 Å². The van der Waals surface area contributed by atoms with Crippen molar-refractivity contribution in [2.75, 3.05) is 27.3 Å². The molecule has 0 aliphatic carbocycles. The van der Waals surface area contributed by atoms with Crippen molar-refractivity contribution in [3.05, 3.63) is 58.6 Å². The zero-order valence-electron chi connectivity index (χ0n) is 12.4. The van der Waals surface area contributed by atoms with Gasteiger partial charge < -0.3 is 9.47 Å². The molecule has 112 valence electrons. The third kappa shape index (κ3) is 5.40. The number of rotatable bonds is 7. The summed E-state index contributed by atoms with van der Waals surface area (Å²) in [5, 5.41) is 0. The Morgan fingerprint density at radius 1 is 1.05 bits per heavy atom. The minimum atomic E-state index is 0.669. The quantitative estimate of drug-likeness (QED) is 0.754. The number of nitrogens with zero attached hydrogens (tertiary/aromatic N) is 1. The summed E-state index contributed by atoms with van der Waals surface area (Å²) < 4.78 is 12.0. The second kappa shape index (κ2) is 8.05. The average molecular weight is 350 g/mol. The van der Waals surface area contributed by atoms with Crippen LogP contribution in [-0.4, -0.2) is 32.2 Å². The Morgan fingerprint density at radius 3 is 2.52 bits per heavy atom. The minimum absolute atomic E-state index is 0.669. The molecule has 0 atom stereocenters. The Kier molecular flexibility index (Phi) is 6.08. The van der Waals surface area contributed by atoms with Crippen LogP contribution in [0.2, 0.25) is 0 Å². The molecule has 3 nitrogen and oxygen atoms in total. The van der Waals surface area contributed by atoms with E-state index in [1.807, 2.05) is 36.4 Å². The number of likely N-dealkylation sites (N-methyl/N-ethyl adjacent to an activating group) is 1. The highest BCUT2D eigenvalue weighted by atomic mass is 79.9. The normalized spacial score (nSPS) is 10.7. The number of hydrogen-bond donors (Lipinski definition) is 0. The first-order valence-corrected chi connectivity index (χ1v) is 7.66. The van der Waals surface area contributed by atoms with Crippen LogP contribution in [0.1, 0.15) is 5.56 Å². The van der Waals surface area contributed by atoms with E-state index in [2.05, 4.69) is 40.0 Å². The lowest BCUT2D eigenvalue weighted by Crippen LogP contribution is -2.23. The van der Waals surface area contributed by atoms with Gasteiger partial charge in [0.15, 0.2) is 0 Å². The van der Waals surface area contributed by atoms with E-state index < -0.39 is 0 Å². The number of methoxy groups -OCH3 is 1. The summed E-state index contributed by atoms with van der Waals surface area (Å²) in [6.07, 6.45) is 0. The Bertz CT molecular complexity index is 557. The third-order valence-electron chi connectivity index (χ3n) is 3.14. The van der Waals surface area contributed by atoms with Crippen molar-refractivity contribution < 1.29 is 9.47 Å². The highest BCUT2D eigenvalue weighted by Gasteiger charge is 2.02. The second-order valence-electron chi connectivity index (χ2n) is 4.89. The number of ether oxygens (including phenoxy) is 2. The van der Waals surface area contributed by atoms with Crippen molar-refractivity contribution in [1.29, 1.82) is 0 Å².